The molecule has 0 atom stereocenters. The first-order valence-corrected chi connectivity index (χ1v) is 6.03. The third-order valence-electron chi connectivity index (χ3n) is 2.64. The van der Waals surface area contributed by atoms with Gasteiger partial charge in [-0.25, -0.2) is 14.4 Å². The normalized spacial score (nSPS) is 11.1. The smallest absolute Gasteiger partial charge is 0.251 e. The summed E-state index contributed by atoms with van der Waals surface area (Å²) in [6.07, 6.45) is 0.450. The van der Waals surface area contributed by atoms with E-state index in [2.05, 4.69) is 15.0 Å². The van der Waals surface area contributed by atoms with Crippen LogP contribution < -0.4 is 0 Å². The molecule has 3 rings (SSSR count). The predicted molar refractivity (Wildman–Crippen MR) is 68.6 cm³/mol. The third-order valence-corrected chi connectivity index (χ3v) is 2.90. The van der Waals surface area contributed by atoms with E-state index in [1.54, 1.807) is 19.1 Å². The summed E-state index contributed by atoms with van der Waals surface area (Å²) in [5.41, 5.74) is 1.72. The van der Waals surface area contributed by atoms with Crippen LogP contribution in [0.4, 0.5) is 4.39 Å². The molecule has 96 valence electrons. The standard InChI is InChI=1S/C13H9ClFN3O/c1-7-16-12(14)11-13(17-7)19-10(18-11)6-8-2-4-9(15)5-3-8/h2-5H,6H2,1H3. The minimum absolute atomic E-state index is 0.272. The van der Waals surface area contributed by atoms with E-state index in [4.69, 9.17) is 16.0 Å². The number of halogens is 2. The number of benzene rings is 1. The highest BCUT2D eigenvalue weighted by atomic mass is 35.5. The molecule has 2 aromatic heterocycles. The van der Waals surface area contributed by atoms with Gasteiger partial charge in [-0.15, -0.1) is 0 Å². The van der Waals surface area contributed by atoms with Crippen molar-refractivity contribution in [2.75, 3.05) is 0 Å². The van der Waals surface area contributed by atoms with E-state index in [1.165, 1.54) is 12.1 Å². The number of hydrogen-bond donors (Lipinski definition) is 0. The van der Waals surface area contributed by atoms with E-state index in [0.29, 0.717) is 29.4 Å². The highest BCUT2D eigenvalue weighted by Gasteiger charge is 2.12. The van der Waals surface area contributed by atoms with Crippen molar-refractivity contribution >= 4 is 22.8 Å². The SMILES string of the molecule is Cc1nc(Cl)c2nc(Cc3ccc(F)cc3)oc2n1. The van der Waals surface area contributed by atoms with Crippen molar-refractivity contribution in [1.29, 1.82) is 0 Å². The molecule has 0 fully saturated rings. The quantitative estimate of drug-likeness (QED) is 0.674. The summed E-state index contributed by atoms with van der Waals surface area (Å²) in [7, 11) is 0. The second kappa shape index (κ2) is 4.59. The lowest BCUT2D eigenvalue weighted by Crippen LogP contribution is -1.89. The van der Waals surface area contributed by atoms with Crippen LogP contribution >= 0.6 is 11.6 Å². The van der Waals surface area contributed by atoms with Gasteiger partial charge in [0.15, 0.2) is 10.7 Å². The molecular formula is C13H9ClFN3O. The maximum Gasteiger partial charge on any atom is 0.251 e. The van der Waals surface area contributed by atoms with Gasteiger partial charge in [-0.3, -0.25) is 0 Å². The molecular weight excluding hydrogens is 269 g/mol. The molecule has 0 aliphatic rings. The number of rotatable bonds is 2. The van der Waals surface area contributed by atoms with Crippen LogP contribution in [-0.2, 0) is 6.42 Å². The number of aromatic nitrogens is 3. The Kier molecular flexibility index (Phi) is 2.91. The van der Waals surface area contributed by atoms with Crippen LogP contribution in [0.15, 0.2) is 28.7 Å². The molecule has 0 saturated heterocycles. The topological polar surface area (TPSA) is 51.8 Å². The molecule has 0 amide bonds. The van der Waals surface area contributed by atoms with Gasteiger partial charge in [0.25, 0.3) is 5.71 Å². The fourth-order valence-corrected chi connectivity index (χ4v) is 2.03. The lowest BCUT2D eigenvalue weighted by molar-refractivity contribution is 0.533. The number of aryl methyl sites for hydroxylation is 1. The van der Waals surface area contributed by atoms with E-state index in [-0.39, 0.29) is 11.0 Å². The zero-order valence-corrected chi connectivity index (χ0v) is 10.8. The van der Waals surface area contributed by atoms with Gasteiger partial charge in [0.1, 0.15) is 11.6 Å². The summed E-state index contributed by atoms with van der Waals surface area (Å²) < 4.78 is 18.3. The minimum atomic E-state index is -0.272. The number of oxazole rings is 1. The first-order chi connectivity index (χ1) is 9.11. The van der Waals surface area contributed by atoms with Crippen molar-refractivity contribution < 1.29 is 8.81 Å². The summed E-state index contributed by atoms with van der Waals surface area (Å²) in [5.74, 6) is 0.733. The molecule has 3 aromatic rings. The van der Waals surface area contributed by atoms with Crippen LogP contribution in [0.5, 0.6) is 0 Å². The second-order valence-electron chi connectivity index (χ2n) is 4.13. The van der Waals surface area contributed by atoms with E-state index in [0.717, 1.165) is 5.56 Å². The Labute approximate surface area is 113 Å². The molecule has 0 N–H and O–H groups in total. The van der Waals surface area contributed by atoms with E-state index in [1.807, 2.05) is 0 Å². The van der Waals surface area contributed by atoms with Gasteiger partial charge in [0.05, 0.1) is 0 Å². The first kappa shape index (κ1) is 12.0. The van der Waals surface area contributed by atoms with Crippen molar-refractivity contribution in [3.63, 3.8) is 0 Å². The average Bonchev–Trinajstić information content (AvgIpc) is 2.75. The Morgan fingerprint density at radius 1 is 1.16 bits per heavy atom. The Hall–Kier alpha value is -2.01. The fraction of sp³-hybridized carbons (Fsp3) is 0.154. The van der Waals surface area contributed by atoms with E-state index >= 15 is 0 Å². The van der Waals surface area contributed by atoms with Crippen LogP contribution in [-0.4, -0.2) is 15.0 Å². The fourth-order valence-electron chi connectivity index (χ4n) is 1.78. The molecule has 0 aliphatic carbocycles. The van der Waals surface area contributed by atoms with E-state index in [9.17, 15) is 4.39 Å². The minimum Gasteiger partial charge on any atom is -0.422 e. The zero-order chi connectivity index (χ0) is 13.4. The van der Waals surface area contributed by atoms with Gasteiger partial charge >= 0.3 is 0 Å². The van der Waals surface area contributed by atoms with Crippen LogP contribution in [0.2, 0.25) is 5.15 Å². The number of fused-ring (bicyclic) bond motifs is 1. The van der Waals surface area contributed by atoms with Crippen molar-refractivity contribution in [3.8, 4) is 0 Å². The van der Waals surface area contributed by atoms with Crippen LogP contribution in [0.1, 0.15) is 17.3 Å². The molecule has 0 unspecified atom stereocenters. The highest BCUT2D eigenvalue weighted by Crippen LogP contribution is 2.22. The molecule has 1 aromatic carbocycles. The second-order valence-corrected chi connectivity index (χ2v) is 4.48. The van der Waals surface area contributed by atoms with Gasteiger partial charge in [-0.2, -0.15) is 4.98 Å². The Morgan fingerprint density at radius 2 is 1.89 bits per heavy atom. The molecule has 0 bridgehead atoms. The first-order valence-electron chi connectivity index (χ1n) is 5.66. The summed E-state index contributed by atoms with van der Waals surface area (Å²) in [6.45, 7) is 1.73. The zero-order valence-electron chi connectivity index (χ0n) is 10.0. The van der Waals surface area contributed by atoms with Crippen LogP contribution in [0, 0.1) is 12.7 Å². The maximum atomic E-state index is 12.8. The highest BCUT2D eigenvalue weighted by molar-refractivity contribution is 6.33. The summed E-state index contributed by atoms with van der Waals surface area (Å²) in [6, 6.07) is 6.16. The van der Waals surface area contributed by atoms with Gasteiger partial charge in [-0.1, -0.05) is 23.7 Å². The van der Waals surface area contributed by atoms with Crippen molar-refractivity contribution in [2.24, 2.45) is 0 Å². The van der Waals surface area contributed by atoms with Crippen molar-refractivity contribution in [3.05, 3.63) is 52.5 Å². The molecule has 6 heteroatoms. The lowest BCUT2D eigenvalue weighted by atomic mass is 10.1. The lowest BCUT2D eigenvalue weighted by Gasteiger charge is -1.96. The van der Waals surface area contributed by atoms with Crippen molar-refractivity contribution in [2.45, 2.75) is 13.3 Å². The summed E-state index contributed by atoms with van der Waals surface area (Å²) in [4.78, 5) is 12.4. The molecule has 0 saturated carbocycles. The van der Waals surface area contributed by atoms with Gasteiger partial charge < -0.3 is 4.42 Å². The number of nitrogens with zero attached hydrogens (tertiary/aromatic N) is 3. The van der Waals surface area contributed by atoms with Gasteiger partial charge in [-0.05, 0) is 24.6 Å². The largest absolute Gasteiger partial charge is 0.422 e. The number of hydrogen-bond acceptors (Lipinski definition) is 4. The Balaban J connectivity index is 1.97. The molecule has 2 heterocycles. The van der Waals surface area contributed by atoms with Gasteiger partial charge in [0, 0.05) is 6.42 Å². The molecule has 0 aliphatic heterocycles. The Bertz CT molecular complexity index is 739. The van der Waals surface area contributed by atoms with Gasteiger partial charge in [0.2, 0.25) is 5.89 Å². The molecule has 4 nitrogen and oxygen atoms in total. The maximum absolute atomic E-state index is 12.8. The monoisotopic (exact) mass is 277 g/mol. The average molecular weight is 278 g/mol. The summed E-state index contributed by atoms with van der Waals surface area (Å²) in [5, 5.41) is 0.275. The third kappa shape index (κ3) is 2.42. The Morgan fingerprint density at radius 3 is 2.63 bits per heavy atom. The van der Waals surface area contributed by atoms with Crippen LogP contribution in [0.25, 0.3) is 11.2 Å². The molecule has 19 heavy (non-hydrogen) atoms. The summed E-state index contributed by atoms with van der Waals surface area (Å²) >= 11 is 5.98. The van der Waals surface area contributed by atoms with Crippen LogP contribution in [0.3, 0.4) is 0 Å². The molecule has 0 spiro atoms. The van der Waals surface area contributed by atoms with Crippen molar-refractivity contribution in [1.82, 2.24) is 15.0 Å². The predicted octanol–water partition coefficient (Wildman–Crippen LogP) is 3.31. The van der Waals surface area contributed by atoms with E-state index < -0.39 is 0 Å². The molecule has 0 radical (unpaired) electrons.